The van der Waals surface area contributed by atoms with Crippen LogP contribution < -0.4 is 9.47 Å². The topological polar surface area (TPSA) is 51.1 Å². The van der Waals surface area contributed by atoms with Gasteiger partial charge < -0.3 is 14.4 Å². The van der Waals surface area contributed by atoms with E-state index in [1.54, 1.807) is 12.1 Å². The van der Waals surface area contributed by atoms with E-state index in [-0.39, 0.29) is 17.7 Å². The molecule has 0 bridgehead atoms. The minimum atomic E-state index is -4.99. The molecule has 37 heavy (non-hydrogen) atoms. The number of hydrogen-bond donors (Lipinski definition) is 0. The maximum Gasteiger partial charge on any atom is 0.416 e. The molecule has 0 aliphatic carbocycles. The quantitative estimate of drug-likeness (QED) is 0.314. The van der Waals surface area contributed by atoms with Gasteiger partial charge in [0.05, 0.1) is 23.1 Å². The number of carbonyl (C=O) groups is 1. The summed E-state index contributed by atoms with van der Waals surface area (Å²) in [5, 5.41) is 0.646. The summed E-state index contributed by atoms with van der Waals surface area (Å²) in [4.78, 5) is 19.0. The Balaban J connectivity index is 1.50. The monoisotopic (exact) mass is 562 g/mol. The van der Waals surface area contributed by atoms with E-state index >= 15 is 0 Å². The summed E-state index contributed by atoms with van der Waals surface area (Å²) in [5.41, 5.74) is -2.73. The van der Waals surface area contributed by atoms with Crippen LogP contribution in [-0.2, 0) is 23.8 Å². The molecule has 0 saturated carbocycles. The first-order valence-electron chi connectivity index (χ1n) is 10.9. The molecular weight excluding hydrogens is 542 g/mol. The molecule has 0 N–H and O–H groups in total. The normalized spacial score (nSPS) is 17.8. The van der Waals surface area contributed by atoms with Crippen LogP contribution in [0.3, 0.4) is 0 Å². The minimum absolute atomic E-state index is 0.0733. The van der Waals surface area contributed by atoms with Gasteiger partial charge in [-0.25, -0.2) is 0 Å². The van der Waals surface area contributed by atoms with Gasteiger partial charge in [0.15, 0.2) is 5.17 Å². The van der Waals surface area contributed by atoms with Crippen molar-refractivity contribution in [2.24, 2.45) is 4.99 Å². The van der Waals surface area contributed by atoms with Gasteiger partial charge in [-0.2, -0.15) is 43.1 Å². The molecule has 13 heteroatoms. The molecule has 1 fully saturated rings. The van der Waals surface area contributed by atoms with Crippen LogP contribution in [0.5, 0.6) is 11.5 Å². The van der Waals surface area contributed by atoms with Gasteiger partial charge >= 0.3 is 12.4 Å². The summed E-state index contributed by atoms with van der Waals surface area (Å²) in [6.45, 7) is 0.999. The number of carbonyl (C=O) groups excluding carboxylic acids is 1. The zero-order chi connectivity index (χ0) is 26.8. The molecule has 5 nitrogen and oxygen atoms in total. The van der Waals surface area contributed by atoms with E-state index in [1.807, 2.05) is 11.8 Å². The molecule has 2 aliphatic rings. The second kappa shape index (κ2) is 10.9. The van der Waals surface area contributed by atoms with Gasteiger partial charge in [0.2, 0.25) is 0 Å². The number of hydrogen-bond acceptors (Lipinski definition) is 6. The highest BCUT2D eigenvalue weighted by molar-refractivity contribution is 8.18. The van der Waals surface area contributed by atoms with Crippen molar-refractivity contribution in [2.75, 3.05) is 31.7 Å². The smallest absolute Gasteiger partial charge is 0.416 e. The predicted molar refractivity (Wildman–Crippen MR) is 131 cm³/mol. The highest BCUT2D eigenvalue weighted by Crippen LogP contribution is 2.38. The molecule has 0 radical (unpaired) electrons. The largest absolute Gasteiger partial charge is 0.496 e. The Morgan fingerprint density at radius 3 is 2.41 bits per heavy atom. The van der Waals surface area contributed by atoms with Crippen molar-refractivity contribution < 1.29 is 40.6 Å². The first-order chi connectivity index (χ1) is 17.5. The number of rotatable bonds is 5. The Bertz CT molecular complexity index is 1240. The Kier molecular flexibility index (Phi) is 8.02. The maximum absolute atomic E-state index is 13.4. The lowest BCUT2D eigenvalue weighted by Crippen LogP contribution is -2.35. The number of halogens is 6. The zero-order valence-electron chi connectivity index (χ0n) is 19.3. The van der Waals surface area contributed by atoms with Crippen molar-refractivity contribution in [1.29, 1.82) is 0 Å². The molecule has 0 aromatic heterocycles. The third-order valence-corrected chi connectivity index (χ3v) is 7.51. The highest BCUT2D eigenvalue weighted by atomic mass is 32.2. The molecule has 1 saturated heterocycles. The maximum atomic E-state index is 13.4. The van der Waals surface area contributed by atoms with Crippen molar-refractivity contribution in [3.63, 3.8) is 0 Å². The van der Waals surface area contributed by atoms with E-state index in [0.29, 0.717) is 27.5 Å². The van der Waals surface area contributed by atoms with Gasteiger partial charge in [-0.15, -0.1) is 0 Å². The fourth-order valence-electron chi connectivity index (χ4n) is 3.63. The number of amidine groups is 1. The van der Waals surface area contributed by atoms with Crippen molar-refractivity contribution in [1.82, 2.24) is 4.90 Å². The van der Waals surface area contributed by atoms with E-state index in [1.165, 1.54) is 31.0 Å². The Morgan fingerprint density at radius 2 is 1.76 bits per heavy atom. The highest BCUT2D eigenvalue weighted by Gasteiger charge is 2.38. The molecule has 0 spiro atoms. The van der Waals surface area contributed by atoms with E-state index in [0.717, 1.165) is 30.7 Å². The molecule has 2 aromatic rings. The number of aliphatic imine (C=N–C) groups is 1. The number of alkyl halides is 6. The molecule has 1 amide bonds. The number of benzene rings is 2. The average molecular weight is 563 g/mol. The fraction of sp³-hybridized carbons (Fsp3) is 0.333. The van der Waals surface area contributed by atoms with Gasteiger partial charge in [0, 0.05) is 41.8 Å². The summed E-state index contributed by atoms with van der Waals surface area (Å²) < 4.78 is 89.7. The number of amides is 1. The molecule has 0 unspecified atom stereocenters. The third-order valence-electron chi connectivity index (χ3n) is 5.52. The molecule has 2 heterocycles. The summed E-state index contributed by atoms with van der Waals surface area (Å²) in [5.74, 6) is 1.98. The number of thioether (sulfide) groups is 2. The number of ether oxygens (including phenoxy) is 2. The fourth-order valence-corrected chi connectivity index (χ4v) is 5.49. The van der Waals surface area contributed by atoms with E-state index in [2.05, 4.69) is 9.89 Å². The van der Waals surface area contributed by atoms with Crippen molar-refractivity contribution in [3.8, 4) is 11.5 Å². The van der Waals surface area contributed by atoms with Crippen LogP contribution in [0.2, 0.25) is 0 Å². The van der Waals surface area contributed by atoms with Crippen molar-refractivity contribution in [3.05, 3.63) is 63.6 Å². The molecule has 2 aliphatic heterocycles. The van der Waals surface area contributed by atoms with Gasteiger partial charge in [0.25, 0.3) is 5.91 Å². The van der Waals surface area contributed by atoms with Crippen LogP contribution in [-0.4, -0.2) is 47.7 Å². The summed E-state index contributed by atoms with van der Waals surface area (Å²) >= 11 is 3.10. The first kappa shape index (κ1) is 27.2. The van der Waals surface area contributed by atoms with Crippen molar-refractivity contribution >= 4 is 40.7 Å². The lowest BCUT2D eigenvalue weighted by Gasteiger charge is -2.26. The van der Waals surface area contributed by atoms with E-state index in [4.69, 9.17) is 9.47 Å². The molecule has 2 aromatic carbocycles. The van der Waals surface area contributed by atoms with Gasteiger partial charge in [-0.3, -0.25) is 4.79 Å². The van der Waals surface area contributed by atoms with E-state index < -0.39 is 35.6 Å². The molecule has 0 atom stereocenters. The van der Waals surface area contributed by atoms with E-state index in [9.17, 15) is 31.1 Å². The molecule has 198 valence electrons. The SMILES string of the molecule is COc1cc(OCc2ccc(C(F)(F)F)cc2C(F)(F)F)ccc1C=C1SC(N2CCSCC2)=NC1=O. The van der Waals surface area contributed by atoms with Gasteiger partial charge in [-0.1, -0.05) is 6.07 Å². The van der Waals surface area contributed by atoms with Crippen LogP contribution in [0.4, 0.5) is 26.3 Å². The molecule has 4 rings (SSSR count). The van der Waals surface area contributed by atoms with Crippen LogP contribution >= 0.6 is 23.5 Å². The predicted octanol–water partition coefficient (Wildman–Crippen LogP) is 6.33. The lowest BCUT2D eigenvalue weighted by atomic mass is 10.0. The van der Waals surface area contributed by atoms with Crippen molar-refractivity contribution in [2.45, 2.75) is 19.0 Å². The zero-order valence-corrected chi connectivity index (χ0v) is 20.9. The number of nitrogens with zero attached hydrogens (tertiary/aromatic N) is 2. The number of methoxy groups -OCH3 is 1. The summed E-state index contributed by atoms with van der Waals surface area (Å²) in [7, 11) is 1.38. The third kappa shape index (κ3) is 6.56. The second-order valence-corrected chi connectivity index (χ2v) is 10.2. The summed E-state index contributed by atoms with van der Waals surface area (Å²) in [6, 6.07) is 5.88. The Labute approximate surface area is 216 Å². The van der Waals surface area contributed by atoms with Crippen LogP contribution in [0.1, 0.15) is 22.3 Å². The molecular formula is C24H20F6N2O3S2. The standard InChI is InChI=1S/C24H20F6N2O3S2/c1-34-19-12-17(35-13-15-2-4-16(23(25,26)27)11-18(15)24(28,29)30)5-3-14(19)10-20-21(33)31-22(37-20)32-6-8-36-9-7-32/h2-5,10-12H,6-9,13H2,1H3. The first-order valence-corrected chi connectivity index (χ1v) is 12.9. The van der Waals surface area contributed by atoms with Crippen LogP contribution in [0.15, 0.2) is 46.3 Å². The van der Waals surface area contributed by atoms with Gasteiger partial charge in [-0.05, 0) is 42.1 Å². The van der Waals surface area contributed by atoms with Crippen LogP contribution in [0, 0.1) is 0 Å². The second-order valence-electron chi connectivity index (χ2n) is 7.97. The Morgan fingerprint density at radius 1 is 1.03 bits per heavy atom. The summed E-state index contributed by atoms with van der Waals surface area (Å²) in [6.07, 6.45) is -8.29. The average Bonchev–Trinajstić information content (AvgIpc) is 3.22. The lowest BCUT2D eigenvalue weighted by molar-refractivity contribution is -0.143. The minimum Gasteiger partial charge on any atom is -0.496 e. The van der Waals surface area contributed by atoms with Crippen LogP contribution in [0.25, 0.3) is 6.08 Å². The Hall–Kier alpha value is -2.80. The van der Waals surface area contributed by atoms with Gasteiger partial charge in [0.1, 0.15) is 18.1 Å².